The summed E-state index contributed by atoms with van der Waals surface area (Å²) >= 11 is 0. The fraction of sp³-hybridized carbons (Fsp3) is 1.00. The zero-order valence-electron chi connectivity index (χ0n) is 14.2. The molecule has 0 rings (SSSR count). The minimum atomic E-state index is -7.82. The Bertz CT molecular complexity index is 490. The van der Waals surface area contributed by atoms with Crippen molar-refractivity contribution >= 4 is 0 Å². The first-order valence-corrected chi connectivity index (χ1v) is 7.52. The van der Waals surface area contributed by atoms with Crippen LogP contribution >= 0.6 is 0 Å². The minimum Gasteiger partial charge on any atom is -0.200 e. The van der Waals surface area contributed by atoms with Crippen molar-refractivity contribution in [3.8, 4) is 0 Å². The van der Waals surface area contributed by atoms with Gasteiger partial charge in [-0.2, -0.15) is 57.1 Å². The van der Waals surface area contributed by atoms with Crippen molar-refractivity contribution in [1.29, 1.82) is 0 Å². The highest BCUT2D eigenvalue weighted by Gasteiger charge is 2.90. The first kappa shape index (κ1) is 26.1. The highest BCUT2D eigenvalue weighted by atomic mass is 19.4. The molecule has 1 unspecified atom stereocenters. The van der Waals surface area contributed by atoms with Gasteiger partial charge in [-0.3, -0.25) is 0 Å². The molecule has 164 valence electrons. The zero-order chi connectivity index (χ0) is 22.3. The third kappa shape index (κ3) is 4.57. The van der Waals surface area contributed by atoms with Gasteiger partial charge in [-0.25, -0.2) is 0 Å². The molecule has 0 nitrogen and oxygen atoms in total. The van der Waals surface area contributed by atoms with E-state index in [1.807, 2.05) is 0 Å². The normalized spacial score (nSPS) is 16.8. The van der Waals surface area contributed by atoms with Crippen LogP contribution in [0.5, 0.6) is 0 Å². The van der Waals surface area contributed by atoms with E-state index in [1.165, 1.54) is 6.92 Å². The first-order chi connectivity index (χ1) is 11.6. The van der Waals surface area contributed by atoms with E-state index in [1.54, 1.807) is 13.8 Å². The molecule has 0 N–H and O–H groups in total. The second kappa shape index (κ2) is 7.49. The van der Waals surface area contributed by atoms with Crippen molar-refractivity contribution in [2.24, 2.45) is 11.8 Å². The standard InChI is InChI=1S/C14H17F13/c1-7(2)6-8(3)4-5-9(15,16)10(17,18)11(19,20)12(21,22)13(23,24)14(25,26)27/h7-8H,4-6H2,1-3H3. The molecule has 0 aliphatic rings. The Morgan fingerprint density at radius 2 is 0.926 bits per heavy atom. The molecule has 0 spiro atoms. The molecule has 0 saturated carbocycles. The van der Waals surface area contributed by atoms with Crippen LogP contribution in [0.1, 0.15) is 40.0 Å². The second-order valence-electron chi connectivity index (χ2n) is 6.77. The van der Waals surface area contributed by atoms with Crippen molar-refractivity contribution in [3.05, 3.63) is 0 Å². The molecule has 1 atom stereocenters. The van der Waals surface area contributed by atoms with Gasteiger partial charge in [-0.15, -0.1) is 0 Å². The largest absolute Gasteiger partial charge is 0.460 e. The van der Waals surface area contributed by atoms with Gasteiger partial charge in [-0.1, -0.05) is 20.8 Å². The monoisotopic (exact) mass is 432 g/mol. The van der Waals surface area contributed by atoms with Crippen LogP contribution in [0.2, 0.25) is 0 Å². The predicted molar refractivity (Wildman–Crippen MR) is 68.6 cm³/mol. The van der Waals surface area contributed by atoms with Gasteiger partial charge in [0, 0.05) is 6.42 Å². The fourth-order valence-electron chi connectivity index (χ4n) is 2.31. The van der Waals surface area contributed by atoms with Gasteiger partial charge in [0.15, 0.2) is 0 Å². The molecule has 0 radical (unpaired) electrons. The average molecular weight is 432 g/mol. The number of hydrogen-bond donors (Lipinski definition) is 0. The first-order valence-electron chi connectivity index (χ1n) is 7.52. The Morgan fingerprint density at radius 1 is 0.556 bits per heavy atom. The lowest BCUT2D eigenvalue weighted by Crippen LogP contribution is -2.70. The summed E-state index contributed by atoms with van der Waals surface area (Å²) in [6, 6.07) is 0. The molecule has 27 heavy (non-hydrogen) atoms. The maximum Gasteiger partial charge on any atom is 0.460 e. The van der Waals surface area contributed by atoms with Gasteiger partial charge in [-0.05, 0) is 24.7 Å². The Kier molecular flexibility index (Phi) is 7.24. The second-order valence-corrected chi connectivity index (χ2v) is 6.77. The summed E-state index contributed by atoms with van der Waals surface area (Å²) in [4.78, 5) is 0. The summed E-state index contributed by atoms with van der Waals surface area (Å²) in [6.07, 6.45) is -10.2. The third-order valence-corrected chi connectivity index (χ3v) is 3.82. The summed E-state index contributed by atoms with van der Waals surface area (Å²) < 4.78 is 168. The van der Waals surface area contributed by atoms with Crippen LogP contribution in [0.4, 0.5) is 57.1 Å². The summed E-state index contributed by atoms with van der Waals surface area (Å²) in [7, 11) is 0. The van der Waals surface area contributed by atoms with E-state index >= 15 is 0 Å². The molecule has 0 saturated heterocycles. The quantitative estimate of drug-likeness (QED) is 0.339. The van der Waals surface area contributed by atoms with E-state index in [2.05, 4.69) is 0 Å². The van der Waals surface area contributed by atoms with E-state index in [0.717, 1.165) is 0 Å². The van der Waals surface area contributed by atoms with Crippen LogP contribution < -0.4 is 0 Å². The maximum atomic E-state index is 13.5. The SMILES string of the molecule is CC(C)CC(C)CCC(F)(F)C(F)(F)C(F)(F)C(F)(F)C(F)(F)C(F)(F)F. The lowest BCUT2D eigenvalue weighted by Gasteiger charge is -2.40. The number of hydrogen-bond acceptors (Lipinski definition) is 0. The van der Waals surface area contributed by atoms with Gasteiger partial charge in [0.2, 0.25) is 0 Å². The van der Waals surface area contributed by atoms with Gasteiger partial charge >= 0.3 is 35.8 Å². The van der Waals surface area contributed by atoms with E-state index in [0.29, 0.717) is 0 Å². The Hall–Kier alpha value is -0.910. The van der Waals surface area contributed by atoms with Crippen LogP contribution in [-0.4, -0.2) is 35.8 Å². The molecule has 13 heteroatoms. The highest BCUT2D eigenvalue weighted by molar-refractivity contribution is 5.10. The fourth-order valence-corrected chi connectivity index (χ4v) is 2.31. The van der Waals surface area contributed by atoms with Crippen molar-refractivity contribution < 1.29 is 57.1 Å². The van der Waals surface area contributed by atoms with Crippen LogP contribution in [0.15, 0.2) is 0 Å². The Balaban J connectivity index is 5.81. The number of rotatable bonds is 9. The average Bonchev–Trinajstić information content (AvgIpc) is 2.42. The van der Waals surface area contributed by atoms with Crippen LogP contribution in [0.25, 0.3) is 0 Å². The summed E-state index contributed by atoms with van der Waals surface area (Å²) in [5.41, 5.74) is 0. The Morgan fingerprint density at radius 3 is 1.26 bits per heavy atom. The lowest BCUT2D eigenvalue weighted by molar-refractivity contribution is -0.440. The van der Waals surface area contributed by atoms with Gasteiger partial charge in [0.1, 0.15) is 0 Å². The zero-order valence-corrected chi connectivity index (χ0v) is 14.2. The predicted octanol–water partition coefficient (Wildman–Crippen LogP) is 7.19. The maximum absolute atomic E-state index is 13.5. The number of alkyl halides is 13. The van der Waals surface area contributed by atoms with Crippen molar-refractivity contribution in [2.45, 2.75) is 75.8 Å². The molecule has 0 heterocycles. The highest BCUT2D eigenvalue weighted by Crippen LogP contribution is 2.60. The minimum absolute atomic E-state index is 0.120. The molecular formula is C14H17F13. The lowest BCUT2D eigenvalue weighted by atomic mass is 9.88. The van der Waals surface area contributed by atoms with E-state index in [-0.39, 0.29) is 12.3 Å². The van der Waals surface area contributed by atoms with Crippen molar-refractivity contribution in [3.63, 3.8) is 0 Å². The van der Waals surface area contributed by atoms with Crippen LogP contribution in [0.3, 0.4) is 0 Å². The van der Waals surface area contributed by atoms with Gasteiger partial charge in [0.25, 0.3) is 0 Å². The number of halogens is 13. The molecular weight excluding hydrogens is 415 g/mol. The molecule has 0 aliphatic heterocycles. The topological polar surface area (TPSA) is 0 Å². The van der Waals surface area contributed by atoms with Crippen molar-refractivity contribution in [1.82, 2.24) is 0 Å². The summed E-state index contributed by atoms with van der Waals surface area (Å²) in [6.45, 7) is 4.48. The van der Waals surface area contributed by atoms with E-state index in [4.69, 9.17) is 0 Å². The molecule has 0 aromatic carbocycles. The molecule has 0 aromatic heterocycles. The van der Waals surface area contributed by atoms with Crippen LogP contribution in [0, 0.1) is 11.8 Å². The van der Waals surface area contributed by atoms with E-state index < -0.39 is 54.5 Å². The van der Waals surface area contributed by atoms with Crippen LogP contribution in [-0.2, 0) is 0 Å². The Labute approximate surface area is 146 Å². The van der Waals surface area contributed by atoms with Gasteiger partial charge in [0.05, 0.1) is 0 Å². The molecule has 0 fully saturated rings. The molecule has 0 aliphatic carbocycles. The molecule has 0 bridgehead atoms. The molecule has 0 amide bonds. The smallest absolute Gasteiger partial charge is 0.200 e. The summed E-state index contributed by atoms with van der Waals surface area (Å²) in [5, 5.41) is 0. The van der Waals surface area contributed by atoms with Gasteiger partial charge < -0.3 is 0 Å². The molecule has 0 aromatic rings. The van der Waals surface area contributed by atoms with Crippen molar-refractivity contribution in [2.75, 3.05) is 0 Å². The van der Waals surface area contributed by atoms with E-state index in [9.17, 15) is 57.1 Å². The summed E-state index contributed by atoms with van der Waals surface area (Å²) in [5.74, 6) is -37.2. The third-order valence-electron chi connectivity index (χ3n) is 3.82.